The molecule has 21 heavy (non-hydrogen) atoms. The first-order chi connectivity index (χ1) is 10.1. The molecule has 0 aliphatic carbocycles. The monoisotopic (exact) mass is 288 g/mol. The molecule has 4 N–H and O–H groups in total. The maximum absolute atomic E-state index is 13.0. The molecular weight excluding hydrogens is 271 g/mol. The second-order valence-electron chi connectivity index (χ2n) is 4.65. The molecule has 0 fully saturated rings. The van der Waals surface area contributed by atoms with Gasteiger partial charge in [-0.05, 0) is 48.7 Å². The topological polar surface area (TPSA) is 80.0 Å². The molecule has 0 unspecified atom stereocenters. The Morgan fingerprint density at radius 2 is 2.14 bits per heavy atom. The van der Waals surface area contributed by atoms with Crippen LogP contribution in [0.2, 0.25) is 0 Å². The number of anilines is 1. The zero-order valence-electron chi connectivity index (χ0n) is 11.7. The number of aryl methyl sites for hydroxylation is 1. The molecule has 0 saturated carbocycles. The maximum atomic E-state index is 13.0. The molecule has 0 aliphatic heterocycles. The van der Waals surface area contributed by atoms with Crippen molar-refractivity contribution in [3.05, 3.63) is 59.2 Å². The Balaban J connectivity index is 1.88. The van der Waals surface area contributed by atoms with Crippen LogP contribution in [-0.4, -0.2) is 17.4 Å². The Kier molecular flexibility index (Phi) is 4.84. The largest absolute Gasteiger partial charge is 0.350 e. The molecule has 1 aromatic carbocycles. The van der Waals surface area contributed by atoms with Gasteiger partial charge in [0, 0.05) is 6.54 Å². The molecule has 0 radical (unpaired) electrons. The van der Waals surface area contributed by atoms with Crippen molar-refractivity contribution in [1.82, 2.24) is 10.3 Å². The molecule has 0 aliphatic rings. The lowest BCUT2D eigenvalue weighted by molar-refractivity contribution is 0.0949. The number of nitrogens with two attached hydrogens (primary N) is 1. The summed E-state index contributed by atoms with van der Waals surface area (Å²) >= 11 is 0. The summed E-state index contributed by atoms with van der Waals surface area (Å²) in [5, 5.41) is 2.78. The summed E-state index contributed by atoms with van der Waals surface area (Å²) in [5.41, 5.74) is 5.28. The number of amides is 1. The zero-order chi connectivity index (χ0) is 15.2. The number of aromatic nitrogens is 1. The highest BCUT2D eigenvalue weighted by molar-refractivity contribution is 5.92. The predicted octanol–water partition coefficient (Wildman–Crippen LogP) is 1.79. The molecule has 0 spiro atoms. The average molecular weight is 288 g/mol. The number of carbonyl (C=O) groups excluding carboxylic acids is 1. The van der Waals surface area contributed by atoms with E-state index in [1.54, 1.807) is 18.2 Å². The third-order valence-corrected chi connectivity index (χ3v) is 3.15. The number of benzene rings is 1. The molecule has 1 aromatic heterocycles. The standard InChI is InChI=1S/C15H17FN4O/c1-10-8-12(16)3-2-11(10)6-7-18-15(21)14-5-4-13(20-17)9-19-14/h2-5,8-9,20H,6-7,17H2,1H3,(H,18,21). The maximum Gasteiger partial charge on any atom is 0.269 e. The summed E-state index contributed by atoms with van der Waals surface area (Å²) in [6.07, 6.45) is 2.12. The highest BCUT2D eigenvalue weighted by atomic mass is 19.1. The van der Waals surface area contributed by atoms with Crippen molar-refractivity contribution in [2.24, 2.45) is 5.84 Å². The average Bonchev–Trinajstić information content (AvgIpc) is 2.49. The fourth-order valence-corrected chi connectivity index (χ4v) is 1.95. The van der Waals surface area contributed by atoms with Gasteiger partial charge in [0.15, 0.2) is 0 Å². The number of nitrogens with zero attached hydrogens (tertiary/aromatic N) is 1. The van der Waals surface area contributed by atoms with Crippen LogP contribution < -0.4 is 16.6 Å². The number of nitrogen functional groups attached to an aromatic ring is 1. The Bertz CT molecular complexity index is 628. The van der Waals surface area contributed by atoms with Crippen LogP contribution in [0, 0.1) is 12.7 Å². The summed E-state index contributed by atoms with van der Waals surface area (Å²) in [5.74, 6) is 4.72. The third-order valence-electron chi connectivity index (χ3n) is 3.15. The summed E-state index contributed by atoms with van der Waals surface area (Å²) in [4.78, 5) is 15.9. The van der Waals surface area contributed by atoms with Gasteiger partial charge in [-0.3, -0.25) is 10.6 Å². The highest BCUT2D eigenvalue weighted by Crippen LogP contribution is 2.10. The number of hydrogen-bond donors (Lipinski definition) is 3. The van der Waals surface area contributed by atoms with E-state index in [0.717, 1.165) is 11.1 Å². The smallest absolute Gasteiger partial charge is 0.269 e. The van der Waals surface area contributed by atoms with E-state index in [0.29, 0.717) is 24.3 Å². The van der Waals surface area contributed by atoms with Crippen LogP contribution in [-0.2, 0) is 6.42 Å². The molecule has 6 heteroatoms. The van der Waals surface area contributed by atoms with Crippen LogP contribution in [0.3, 0.4) is 0 Å². The van der Waals surface area contributed by atoms with Gasteiger partial charge in [-0.25, -0.2) is 9.37 Å². The molecule has 0 atom stereocenters. The van der Waals surface area contributed by atoms with E-state index in [1.807, 2.05) is 6.92 Å². The Morgan fingerprint density at radius 1 is 1.33 bits per heavy atom. The van der Waals surface area contributed by atoms with Crippen LogP contribution >= 0.6 is 0 Å². The molecule has 110 valence electrons. The summed E-state index contributed by atoms with van der Waals surface area (Å²) in [6, 6.07) is 7.90. The Morgan fingerprint density at radius 3 is 2.76 bits per heavy atom. The van der Waals surface area contributed by atoms with Crippen LogP contribution in [0.4, 0.5) is 10.1 Å². The summed E-state index contributed by atoms with van der Waals surface area (Å²) in [6.45, 7) is 2.31. The number of rotatable bonds is 5. The number of halogens is 1. The minimum Gasteiger partial charge on any atom is -0.350 e. The van der Waals surface area contributed by atoms with Gasteiger partial charge < -0.3 is 10.7 Å². The van der Waals surface area contributed by atoms with Gasteiger partial charge in [0.2, 0.25) is 0 Å². The van der Waals surface area contributed by atoms with E-state index in [1.165, 1.54) is 18.3 Å². The molecule has 1 amide bonds. The van der Waals surface area contributed by atoms with Crippen molar-refractivity contribution in [3.63, 3.8) is 0 Å². The number of carbonyl (C=O) groups is 1. The van der Waals surface area contributed by atoms with Gasteiger partial charge in [0.25, 0.3) is 5.91 Å². The molecule has 2 aromatic rings. The zero-order valence-corrected chi connectivity index (χ0v) is 11.7. The third kappa shape index (κ3) is 4.00. The predicted molar refractivity (Wildman–Crippen MR) is 79.2 cm³/mol. The van der Waals surface area contributed by atoms with Crippen LogP contribution in [0.5, 0.6) is 0 Å². The molecule has 0 bridgehead atoms. The first-order valence-corrected chi connectivity index (χ1v) is 6.56. The van der Waals surface area contributed by atoms with Gasteiger partial charge in [0.1, 0.15) is 11.5 Å². The van der Waals surface area contributed by atoms with Gasteiger partial charge >= 0.3 is 0 Å². The molecule has 5 nitrogen and oxygen atoms in total. The van der Waals surface area contributed by atoms with Crippen molar-refractivity contribution >= 4 is 11.6 Å². The minimum absolute atomic E-state index is 0.252. The van der Waals surface area contributed by atoms with E-state index >= 15 is 0 Å². The second-order valence-corrected chi connectivity index (χ2v) is 4.65. The summed E-state index contributed by atoms with van der Waals surface area (Å²) in [7, 11) is 0. The molecular formula is C15H17FN4O. The van der Waals surface area contributed by atoms with Gasteiger partial charge in [-0.15, -0.1) is 0 Å². The molecule has 0 saturated heterocycles. The second kappa shape index (κ2) is 6.81. The Labute approximate surface area is 122 Å². The normalized spacial score (nSPS) is 10.2. The van der Waals surface area contributed by atoms with E-state index in [2.05, 4.69) is 15.7 Å². The first-order valence-electron chi connectivity index (χ1n) is 6.56. The number of pyridine rings is 1. The lowest BCUT2D eigenvalue weighted by atomic mass is 10.1. The first kappa shape index (κ1) is 14.9. The fourth-order valence-electron chi connectivity index (χ4n) is 1.95. The lowest BCUT2D eigenvalue weighted by Gasteiger charge is -2.08. The van der Waals surface area contributed by atoms with Gasteiger partial charge in [0.05, 0.1) is 11.9 Å². The Hall–Kier alpha value is -2.47. The summed E-state index contributed by atoms with van der Waals surface area (Å²) < 4.78 is 13.0. The fraction of sp³-hybridized carbons (Fsp3) is 0.200. The number of hydrogen-bond acceptors (Lipinski definition) is 4. The van der Waals surface area contributed by atoms with Crippen LogP contribution in [0.15, 0.2) is 36.5 Å². The van der Waals surface area contributed by atoms with Crippen molar-refractivity contribution in [2.45, 2.75) is 13.3 Å². The SMILES string of the molecule is Cc1cc(F)ccc1CCNC(=O)c1ccc(NN)cn1. The van der Waals surface area contributed by atoms with Crippen molar-refractivity contribution < 1.29 is 9.18 Å². The quantitative estimate of drug-likeness (QED) is 0.579. The van der Waals surface area contributed by atoms with Crippen molar-refractivity contribution in [2.75, 3.05) is 12.0 Å². The molecule has 2 rings (SSSR count). The minimum atomic E-state index is -0.252. The van der Waals surface area contributed by atoms with Gasteiger partial charge in [-0.2, -0.15) is 0 Å². The van der Waals surface area contributed by atoms with Gasteiger partial charge in [-0.1, -0.05) is 6.07 Å². The van der Waals surface area contributed by atoms with E-state index in [9.17, 15) is 9.18 Å². The lowest BCUT2D eigenvalue weighted by Crippen LogP contribution is -2.26. The number of hydrazine groups is 1. The van der Waals surface area contributed by atoms with E-state index < -0.39 is 0 Å². The van der Waals surface area contributed by atoms with Crippen molar-refractivity contribution in [3.8, 4) is 0 Å². The number of nitrogens with one attached hydrogen (secondary N) is 2. The van der Waals surface area contributed by atoms with Crippen molar-refractivity contribution in [1.29, 1.82) is 0 Å². The van der Waals surface area contributed by atoms with E-state index in [-0.39, 0.29) is 11.7 Å². The molecule has 1 heterocycles. The van der Waals surface area contributed by atoms with Crippen LogP contribution in [0.25, 0.3) is 0 Å². The highest BCUT2D eigenvalue weighted by Gasteiger charge is 2.07. The van der Waals surface area contributed by atoms with Crippen LogP contribution in [0.1, 0.15) is 21.6 Å². The van der Waals surface area contributed by atoms with E-state index in [4.69, 9.17) is 5.84 Å².